The molecule has 1 rings (SSSR count). The molecular weight excluding hydrogens is 152 g/mol. The second-order valence-corrected chi connectivity index (χ2v) is 3.26. The molecule has 0 heterocycles. The molecule has 0 aromatic heterocycles. The maximum atomic E-state index is 10.5. The van der Waals surface area contributed by atoms with Gasteiger partial charge in [0.1, 0.15) is 0 Å². The van der Waals surface area contributed by atoms with Crippen LogP contribution in [0.5, 0.6) is 0 Å². The third-order valence-corrected chi connectivity index (χ3v) is 2.36. The molecule has 0 unspecified atom stereocenters. The Morgan fingerprint density at radius 2 is 2.20 bits per heavy atom. The zero-order valence-corrected chi connectivity index (χ0v) is 6.52. The predicted octanol–water partition coefficient (Wildman–Crippen LogP) is 1.87. The summed E-state index contributed by atoms with van der Waals surface area (Å²) in [5.74, 6) is -0.0627. The first-order valence-corrected chi connectivity index (χ1v) is 4.04. The molecule has 0 aromatic carbocycles. The summed E-state index contributed by atoms with van der Waals surface area (Å²) in [6.45, 7) is 0. The van der Waals surface area contributed by atoms with Crippen LogP contribution in [0, 0.1) is 5.41 Å². The number of aliphatic carboxylic acids is 1. The van der Waals surface area contributed by atoms with E-state index >= 15 is 0 Å². The van der Waals surface area contributed by atoms with Crippen molar-refractivity contribution in [3.05, 3.63) is 0 Å². The van der Waals surface area contributed by atoms with Gasteiger partial charge in [0.05, 0.1) is 5.41 Å². The predicted molar refractivity (Wildman–Crippen MR) is 39.3 cm³/mol. The Hall–Kier alpha value is -0.240. The van der Waals surface area contributed by atoms with Crippen molar-refractivity contribution < 1.29 is 9.90 Å². The van der Waals surface area contributed by atoms with Gasteiger partial charge >= 0.3 is 5.97 Å². The summed E-state index contributed by atoms with van der Waals surface area (Å²) >= 11 is 5.45. The Morgan fingerprint density at radius 3 is 2.50 bits per heavy atom. The maximum absolute atomic E-state index is 10.5. The minimum Gasteiger partial charge on any atom is -0.481 e. The molecule has 0 aliphatic heterocycles. The number of halogens is 1. The second kappa shape index (κ2) is 2.79. The summed E-state index contributed by atoms with van der Waals surface area (Å²) in [7, 11) is 0. The number of alkyl halides is 1. The smallest absolute Gasteiger partial charge is 0.309 e. The minimum atomic E-state index is -0.641. The topological polar surface area (TPSA) is 37.3 Å². The number of rotatable bonds is 4. The Labute approximate surface area is 65.2 Å². The quantitative estimate of drug-likeness (QED) is 0.641. The minimum absolute atomic E-state index is 0.366. The van der Waals surface area contributed by atoms with Gasteiger partial charge in [-0.3, -0.25) is 4.79 Å². The molecule has 0 bridgehead atoms. The molecule has 0 radical (unpaired) electrons. The normalized spacial score (nSPS) is 20.5. The van der Waals surface area contributed by atoms with E-state index in [0.29, 0.717) is 5.88 Å². The lowest BCUT2D eigenvalue weighted by atomic mass is 10.0. The number of carboxylic acid groups (broad SMARTS) is 1. The van der Waals surface area contributed by atoms with E-state index in [0.717, 1.165) is 25.7 Å². The van der Waals surface area contributed by atoms with Crippen molar-refractivity contribution >= 4 is 17.6 Å². The van der Waals surface area contributed by atoms with Gasteiger partial charge in [-0.2, -0.15) is 0 Å². The molecule has 3 heteroatoms. The van der Waals surface area contributed by atoms with E-state index < -0.39 is 5.97 Å². The zero-order chi connectivity index (χ0) is 7.61. The molecule has 1 saturated carbocycles. The van der Waals surface area contributed by atoms with E-state index in [4.69, 9.17) is 16.7 Å². The zero-order valence-electron chi connectivity index (χ0n) is 5.77. The molecule has 10 heavy (non-hydrogen) atoms. The summed E-state index contributed by atoms with van der Waals surface area (Å²) in [5.41, 5.74) is -0.366. The van der Waals surface area contributed by atoms with Crippen molar-refractivity contribution in [1.29, 1.82) is 0 Å². The molecule has 0 aromatic rings. The molecule has 0 saturated heterocycles. The van der Waals surface area contributed by atoms with Gasteiger partial charge in [0.25, 0.3) is 0 Å². The molecule has 58 valence electrons. The fourth-order valence-electron chi connectivity index (χ4n) is 1.13. The van der Waals surface area contributed by atoms with Crippen LogP contribution in [0.15, 0.2) is 0 Å². The van der Waals surface area contributed by atoms with Gasteiger partial charge < -0.3 is 5.11 Å². The molecule has 0 atom stereocenters. The van der Waals surface area contributed by atoms with Gasteiger partial charge in [0, 0.05) is 5.88 Å². The van der Waals surface area contributed by atoms with E-state index in [1.165, 1.54) is 0 Å². The fraction of sp³-hybridized carbons (Fsp3) is 0.857. The van der Waals surface area contributed by atoms with Gasteiger partial charge in [-0.1, -0.05) is 0 Å². The summed E-state index contributed by atoms with van der Waals surface area (Å²) < 4.78 is 0. The molecule has 1 N–H and O–H groups in total. The van der Waals surface area contributed by atoms with Gasteiger partial charge in [-0.25, -0.2) is 0 Å². The van der Waals surface area contributed by atoms with Crippen LogP contribution in [0.1, 0.15) is 25.7 Å². The van der Waals surface area contributed by atoms with Crippen molar-refractivity contribution in [3.8, 4) is 0 Å². The molecule has 1 aliphatic rings. The Balaban J connectivity index is 2.31. The van der Waals surface area contributed by atoms with Crippen LogP contribution >= 0.6 is 11.6 Å². The molecule has 1 fully saturated rings. The van der Waals surface area contributed by atoms with Gasteiger partial charge in [0.2, 0.25) is 0 Å². The summed E-state index contributed by atoms with van der Waals surface area (Å²) in [6, 6.07) is 0. The molecule has 0 spiro atoms. The Kier molecular flexibility index (Phi) is 2.19. The third-order valence-electron chi connectivity index (χ3n) is 2.10. The summed E-state index contributed by atoms with van der Waals surface area (Å²) in [4.78, 5) is 10.5. The first-order valence-electron chi connectivity index (χ1n) is 3.51. The number of carbonyl (C=O) groups is 1. The molecule has 2 nitrogen and oxygen atoms in total. The number of hydrogen-bond acceptors (Lipinski definition) is 1. The SMILES string of the molecule is O=C(O)C1(CCCCl)CC1. The van der Waals surface area contributed by atoms with Crippen LogP contribution in [0.4, 0.5) is 0 Å². The number of hydrogen-bond donors (Lipinski definition) is 1. The highest BCUT2D eigenvalue weighted by atomic mass is 35.5. The monoisotopic (exact) mass is 162 g/mol. The van der Waals surface area contributed by atoms with Crippen LogP contribution in [-0.2, 0) is 4.79 Å². The van der Waals surface area contributed by atoms with Crippen LogP contribution in [0.3, 0.4) is 0 Å². The highest BCUT2D eigenvalue weighted by Gasteiger charge is 2.49. The molecular formula is C7H11ClO2. The lowest BCUT2D eigenvalue weighted by Gasteiger charge is -2.05. The van der Waals surface area contributed by atoms with Gasteiger partial charge in [-0.15, -0.1) is 11.6 Å². The largest absolute Gasteiger partial charge is 0.481 e. The van der Waals surface area contributed by atoms with E-state index in [9.17, 15) is 4.79 Å². The summed E-state index contributed by atoms with van der Waals surface area (Å²) in [5, 5.41) is 8.69. The van der Waals surface area contributed by atoms with Crippen molar-refractivity contribution in [2.45, 2.75) is 25.7 Å². The standard InChI is InChI=1S/C7H11ClO2/c8-5-1-2-7(3-4-7)6(9)10/h1-5H2,(H,9,10). The first-order chi connectivity index (χ1) is 4.71. The first kappa shape index (κ1) is 7.86. The second-order valence-electron chi connectivity index (χ2n) is 2.88. The van der Waals surface area contributed by atoms with Crippen molar-refractivity contribution in [2.75, 3.05) is 5.88 Å². The van der Waals surface area contributed by atoms with Crippen molar-refractivity contribution in [2.24, 2.45) is 5.41 Å². The van der Waals surface area contributed by atoms with Crippen molar-refractivity contribution in [1.82, 2.24) is 0 Å². The lowest BCUT2D eigenvalue weighted by molar-refractivity contribution is -0.143. The Bertz CT molecular complexity index is 141. The highest BCUT2D eigenvalue weighted by Crippen LogP contribution is 2.49. The van der Waals surface area contributed by atoms with Gasteiger partial charge in [-0.05, 0) is 25.7 Å². The van der Waals surface area contributed by atoms with Crippen LogP contribution < -0.4 is 0 Å². The highest BCUT2D eigenvalue weighted by molar-refractivity contribution is 6.17. The molecule has 1 aliphatic carbocycles. The average molecular weight is 163 g/mol. The van der Waals surface area contributed by atoms with E-state index in [1.807, 2.05) is 0 Å². The van der Waals surface area contributed by atoms with Crippen LogP contribution in [-0.4, -0.2) is 17.0 Å². The van der Waals surface area contributed by atoms with Gasteiger partial charge in [0.15, 0.2) is 0 Å². The molecule has 0 amide bonds. The lowest BCUT2D eigenvalue weighted by Crippen LogP contribution is -2.14. The van der Waals surface area contributed by atoms with E-state index in [2.05, 4.69) is 0 Å². The maximum Gasteiger partial charge on any atom is 0.309 e. The Morgan fingerprint density at radius 1 is 1.60 bits per heavy atom. The number of carboxylic acids is 1. The third kappa shape index (κ3) is 1.43. The van der Waals surface area contributed by atoms with E-state index in [-0.39, 0.29) is 5.41 Å². The van der Waals surface area contributed by atoms with E-state index in [1.54, 1.807) is 0 Å². The van der Waals surface area contributed by atoms with Crippen molar-refractivity contribution in [3.63, 3.8) is 0 Å². The fourth-order valence-corrected chi connectivity index (χ4v) is 1.26. The van der Waals surface area contributed by atoms with Crippen LogP contribution in [0.2, 0.25) is 0 Å². The summed E-state index contributed by atoms with van der Waals surface area (Å²) in [6.07, 6.45) is 3.28. The van der Waals surface area contributed by atoms with Crippen LogP contribution in [0.25, 0.3) is 0 Å². The average Bonchev–Trinajstić information content (AvgIpc) is 2.64.